The summed E-state index contributed by atoms with van der Waals surface area (Å²) in [6.07, 6.45) is 2.19. The maximum Gasteiger partial charge on any atom is 0.123 e. The number of nitrogens with one attached hydrogen (secondary N) is 1. The second kappa shape index (κ2) is 7.41. The zero-order valence-electron chi connectivity index (χ0n) is 10.9. The topological polar surface area (TPSA) is 21.3 Å². The predicted octanol–water partition coefficient (Wildman–Crippen LogP) is 3.29. The van der Waals surface area contributed by atoms with Gasteiger partial charge < -0.3 is 10.1 Å². The molecule has 1 aromatic rings. The molecule has 0 amide bonds. The van der Waals surface area contributed by atoms with Gasteiger partial charge in [0.25, 0.3) is 0 Å². The van der Waals surface area contributed by atoms with Crippen LogP contribution in [0.15, 0.2) is 24.3 Å². The first-order valence-corrected chi connectivity index (χ1v) is 6.24. The van der Waals surface area contributed by atoms with Crippen molar-refractivity contribution in [1.29, 1.82) is 0 Å². The molecule has 0 aliphatic heterocycles. The average molecular weight is 239 g/mol. The van der Waals surface area contributed by atoms with Gasteiger partial charge in [-0.15, -0.1) is 0 Å². The Labute approximate surface area is 103 Å². The molecule has 3 heteroatoms. The molecule has 0 heterocycles. The van der Waals surface area contributed by atoms with Crippen molar-refractivity contribution in [3.8, 4) is 0 Å². The molecule has 96 valence electrons. The smallest absolute Gasteiger partial charge is 0.123 e. The van der Waals surface area contributed by atoms with E-state index in [9.17, 15) is 4.39 Å². The van der Waals surface area contributed by atoms with Crippen molar-refractivity contribution in [2.45, 2.75) is 38.8 Å². The quantitative estimate of drug-likeness (QED) is 0.788. The van der Waals surface area contributed by atoms with Crippen molar-refractivity contribution in [3.63, 3.8) is 0 Å². The molecule has 2 unspecified atom stereocenters. The summed E-state index contributed by atoms with van der Waals surface area (Å²) >= 11 is 0. The van der Waals surface area contributed by atoms with Gasteiger partial charge in [-0.1, -0.05) is 32.4 Å². The summed E-state index contributed by atoms with van der Waals surface area (Å²) in [5.74, 6) is -0.201. The number of likely N-dealkylation sites (N-methyl/N-ethyl adjacent to an activating group) is 1. The van der Waals surface area contributed by atoms with Crippen molar-refractivity contribution < 1.29 is 9.13 Å². The van der Waals surface area contributed by atoms with E-state index >= 15 is 0 Å². The normalized spacial score (nSPS) is 14.6. The third kappa shape index (κ3) is 4.10. The van der Waals surface area contributed by atoms with Gasteiger partial charge in [-0.2, -0.15) is 0 Å². The van der Waals surface area contributed by atoms with Gasteiger partial charge >= 0.3 is 0 Å². The Morgan fingerprint density at radius 1 is 1.24 bits per heavy atom. The third-order valence-electron chi connectivity index (χ3n) is 2.90. The Morgan fingerprint density at radius 2 is 1.88 bits per heavy atom. The van der Waals surface area contributed by atoms with Crippen LogP contribution >= 0.6 is 0 Å². The zero-order valence-corrected chi connectivity index (χ0v) is 10.9. The van der Waals surface area contributed by atoms with Gasteiger partial charge in [-0.05, 0) is 30.7 Å². The molecule has 0 saturated heterocycles. The molecular formula is C14H22FNO. The SMILES string of the molecule is CCCC(OC)C(NCC)c1ccc(F)cc1. The Kier molecular flexibility index (Phi) is 6.16. The summed E-state index contributed by atoms with van der Waals surface area (Å²) in [5.41, 5.74) is 1.08. The average Bonchev–Trinajstić information content (AvgIpc) is 2.35. The van der Waals surface area contributed by atoms with E-state index in [-0.39, 0.29) is 18.0 Å². The van der Waals surface area contributed by atoms with Crippen molar-refractivity contribution in [3.05, 3.63) is 35.6 Å². The lowest BCUT2D eigenvalue weighted by Crippen LogP contribution is -2.33. The minimum absolute atomic E-state index is 0.130. The third-order valence-corrected chi connectivity index (χ3v) is 2.90. The van der Waals surface area contributed by atoms with E-state index in [1.165, 1.54) is 12.1 Å². The molecule has 1 N–H and O–H groups in total. The van der Waals surface area contributed by atoms with E-state index in [1.807, 2.05) is 12.1 Å². The van der Waals surface area contributed by atoms with Gasteiger partial charge in [0.1, 0.15) is 5.82 Å². The molecule has 0 fully saturated rings. The predicted molar refractivity (Wildman–Crippen MR) is 68.5 cm³/mol. The number of rotatable bonds is 7. The molecule has 0 aromatic heterocycles. The Balaban J connectivity index is 2.86. The minimum atomic E-state index is -0.201. The number of hydrogen-bond donors (Lipinski definition) is 1. The Hall–Kier alpha value is -0.930. The van der Waals surface area contributed by atoms with Gasteiger partial charge in [0, 0.05) is 7.11 Å². The molecule has 2 atom stereocenters. The monoisotopic (exact) mass is 239 g/mol. The van der Waals surface area contributed by atoms with Crippen molar-refractivity contribution in [2.24, 2.45) is 0 Å². The molecule has 2 nitrogen and oxygen atoms in total. The van der Waals surface area contributed by atoms with E-state index in [4.69, 9.17) is 4.74 Å². The van der Waals surface area contributed by atoms with Gasteiger partial charge in [-0.25, -0.2) is 4.39 Å². The van der Waals surface area contributed by atoms with E-state index in [0.29, 0.717) is 0 Å². The standard InChI is InChI=1S/C14H22FNO/c1-4-6-13(17-3)14(16-5-2)11-7-9-12(15)10-8-11/h7-10,13-14,16H,4-6H2,1-3H3. The minimum Gasteiger partial charge on any atom is -0.379 e. The second-order valence-electron chi connectivity index (χ2n) is 4.15. The molecule has 0 aliphatic carbocycles. The maximum absolute atomic E-state index is 12.9. The summed E-state index contributed by atoms with van der Waals surface area (Å²) in [6, 6.07) is 6.77. The molecular weight excluding hydrogens is 217 g/mol. The van der Waals surface area contributed by atoms with Gasteiger partial charge in [-0.3, -0.25) is 0 Å². The van der Waals surface area contributed by atoms with Crippen LogP contribution in [0.5, 0.6) is 0 Å². The van der Waals surface area contributed by atoms with Gasteiger partial charge in [0.05, 0.1) is 12.1 Å². The van der Waals surface area contributed by atoms with Gasteiger partial charge in [0.2, 0.25) is 0 Å². The summed E-state index contributed by atoms with van der Waals surface area (Å²) < 4.78 is 18.4. The molecule has 0 spiro atoms. The first-order valence-electron chi connectivity index (χ1n) is 6.24. The van der Waals surface area contributed by atoms with Crippen LogP contribution in [0, 0.1) is 5.82 Å². The highest BCUT2D eigenvalue weighted by Crippen LogP contribution is 2.22. The molecule has 0 aliphatic rings. The van der Waals surface area contributed by atoms with Crippen LogP contribution in [0.1, 0.15) is 38.3 Å². The highest BCUT2D eigenvalue weighted by Gasteiger charge is 2.21. The Morgan fingerprint density at radius 3 is 2.35 bits per heavy atom. The fourth-order valence-corrected chi connectivity index (χ4v) is 2.06. The van der Waals surface area contributed by atoms with Crippen LogP contribution in [-0.2, 0) is 4.74 Å². The van der Waals surface area contributed by atoms with Crippen LogP contribution in [-0.4, -0.2) is 19.8 Å². The number of ether oxygens (including phenoxy) is 1. The molecule has 0 bridgehead atoms. The summed E-state index contributed by atoms with van der Waals surface area (Å²) in [6.45, 7) is 5.07. The van der Waals surface area contributed by atoms with Crippen LogP contribution in [0.4, 0.5) is 4.39 Å². The number of hydrogen-bond acceptors (Lipinski definition) is 2. The van der Waals surface area contributed by atoms with E-state index in [1.54, 1.807) is 7.11 Å². The van der Waals surface area contributed by atoms with Crippen LogP contribution < -0.4 is 5.32 Å². The summed E-state index contributed by atoms with van der Waals surface area (Å²) in [4.78, 5) is 0. The first kappa shape index (κ1) is 14.1. The molecule has 0 saturated carbocycles. The molecule has 17 heavy (non-hydrogen) atoms. The maximum atomic E-state index is 12.9. The van der Waals surface area contributed by atoms with Crippen molar-refractivity contribution in [2.75, 3.05) is 13.7 Å². The second-order valence-corrected chi connectivity index (χ2v) is 4.15. The van der Waals surface area contributed by atoms with Crippen molar-refractivity contribution in [1.82, 2.24) is 5.32 Å². The van der Waals surface area contributed by atoms with Crippen LogP contribution in [0.2, 0.25) is 0 Å². The fraction of sp³-hybridized carbons (Fsp3) is 0.571. The van der Waals surface area contributed by atoms with Crippen LogP contribution in [0.25, 0.3) is 0 Å². The number of benzene rings is 1. The number of methoxy groups -OCH3 is 1. The molecule has 1 rings (SSSR count). The van der Waals surface area contributed by atoms with E-state index in [2.05, 4.69) is 19.2 Å². The largest absolute Gasteiger partial charge is 0.379 e. The summed E-state index contributed by atoms with van der Waals surface area (Å²) in [7, 11) is 1.73. The lowest BCUT2D eigenvalue weighted by Gasteiger charge is -2.27. The van der Waals surface area contributed by atoms with Gasteiger partial charge in [0.15, 0.2) is 0 Å². The van der Waals surface area contributed by atoms with Crippen LogP contribution in [0.3, 0.4) is 0 Å². The van der Waals surface area contributed by atoms with E-state index in [0.717, 1.165) is 24.9 Å². The first-order chi connectivity index (χ1) is 8.22. The summed E-state index contributed by atoms with van der Waals surface area (Å²) in [5, 5.41) is 3.41. The number of halogens is 1. The molecule has 1 aromatic carbocycles. The zero-order chi connectivity index (χ0) is 12.7. The highest BCUT2D eigenvalue weighted by molar-refractivity contribution is 5.21. The lowest BCUT2D eigenvalue weighted by molar-refractivity contribution is 0.0611. The fourth-order valence-electron chi connectivity index (χ4n) is 2.06. The Bertz CT molecular complexity index is 313. The molecule has 0 radical (unpaired) electrons. The van der Waals surface area contributed by atoms with E-state index < -0.39 is 0 Å². The highest BCUT2D eigenvalue weighted by atomic mass is 19.1. The van der Waals surface area contributed by atoms with Crippen molar-refractivity contribution >= 4 is 0 Å². The lowest BCUT2D eigenvalue weighted by atomic mass is 9.98.